The Hall–Kier alpha value is -3.59. The summed E-state index contributed by atoms with van der Waals surface area (Å²) >= 11 is 1.33. The Morgan fingerprint density at radius 1 is 1.05 bits per heavy atom. The molecule has 0 unspecified atom stereocenters. The third-order valence-corrected chi connectivity index (χ3v) is 8.52. The van der Waals surface area contributed by atoms with Crippen molar-refractivity contribution in [3.05, 3.63) is 59.5 Å². The van der Waals surface area contributed by atoms with Crippen molar-refractivity contribution in [1.29, 1.82) is 0 Å². The summed E-state index contributed by atoms with van der Waals surface area (Å²) in [4.78, 5) is 50.1. The number of methoxy groups -OCH3 is 1. The Morgan fingerprint density at radius 3 is 2.42 bits per heavy atom. The van der Waals surface area contributed by atoms with E-state index in [4.69, 9.17) is 4.74 Å². The second-order valence-electron chi connectivity index (χ2n) is 10.3. The van der Waals surface area contributed by atoms with E-state index < -0.39 is 5.97 Å². The van der Waals surface area contributed by atoms with Crippen molar-refractivity contribution < 1.29 is 19.1 Å². The van der Waals surface area contributed by atoms with Crippen LogP contribution in [0.4, 0.5) is 11.4 Å². The first-order valence-electron chi connectivity index (χ1n) is 13.1. The van der Waals surface area contributed by atoms with Crippen LogP contribution in [0, 0.1) is 17.8 Å². The van der Waals surface area contributed by atoms with Crippen LogP contribution >= 0.6 is 11.3 Å². The van der Waals surface area contributed by atoms with Gasteiger partial charge >= 0.3 is 5.97 Å². The number of amides is 2. The van der Waals surface area contributed by atoms with E-state index in [0.29, 0.717) is 34.6 Å². The number of nitrogens with zero attached hydrogens (tertiary/aromatic N) is 3. The highest BCUT2D eigenvalue weighted by atomic mass is 32.1. The summed E-state index contributed by atoms with van der Waals surface area (Å²) in [6, 6.07) is 9.32. The molecule has 2 amide bonds. The number of anilines is 2. The molecule has 0 bridgehead atoms. The van der Waals surface area contributed by atoms with Gasteiger partial charge in [-0.2, -0.15) is 0 Å². The van der Waals surface area contributed by atoms with Crippen molar-refractivity contribution in [2.45, 2.75) is 45.4 Å². The van der Waals surface area contributed by atoms with E-state index in [1.165, 1.54) is 37.0 Å². The van der Waals surface area contributed by atoms with Gasteiger partial charge in [0.15, 0.2) is 0 Å². The lowest BCUT2D eigenvalue weighted by molar-refractivity contribution is -0.123. The number of carbonyl (C=O) groups is 3. The van der Waals surface area contributed by atoms with Gasteiger partial charge in [-0.3, -0.25) is 14.6 Å². The van der Waals surface area contributed by atoms with Crippen LogP contribution in [0.15, 0.2) is 48.9 Å². The SMILES string of the molecule is COC(=O)c1sc(-c2ccc(NC(=O)c3cnccn3)cc2)cc1N(CC1CC1)C(=O)C1CCC(C)CC1. The molecular formula is C29H32N4O4S. The monoisotopic (exact) mass is 532 g/mol. The molecule has 38 heavy (non-hydrogen) atoms. The van der Waals surface area contributed by atoms with Crippen molar-refractivity contribution in [2.24, 2.45) is 17.8 Å². The lowest BCUT2D eigenvalue weighted by Gasteiger charge is -2.31. The maximum absolute atomic E-state index is 13.8. The molecule has 0 radical (unpaired) electrons. The number of benzene rings is 1. The van der Waals surface area contributed by atoms with Crippen molar-refractivity contribution >= 4 is 40.5 Å². The van der Waals surface area contributed by atoms with Crippen LogP contribution in [0.1, 0.15) is 65.6 Å². The molecule has 2 fully saturated rings. The molecule has 2 aromatic heterocycles. The van der Waals surface area contributed by atoms with Gasteiger partial charge in [-0.25, -0.2) is 9.78 Å². The predicted octanol–water partition coefficient (Wildman–Crippen LogP) is 5.81. The Balaban J connectivity index is 1.40. The van der Waals surface area contributed by atoms with Gasteiger partial charge in [0.25, 0.3) is 5.91 Å². The van der Waals surface area contributed by atoms with Crippen molar-refractivity contribution in [3.63, 3.8) is 0 Å². The Kier molecular flexibility index (Phi) is 7.83. The third-order valence-electron chi connectivity index (χ3n) is 7.37. The molecule has 2 aliphatic rings. The highest BCUT2D eigenvalue weighted by Crippen LogP contribution is 2.41. The lowest BCUT2D eigenvalue weighted by Crippen LogP contribution is -2.39. The highest BCUT2D eigenvalue weighted by Gasteiger charge is 2.35. The van der Waals surface area contributed by atoms with Gasteiger partial charge in [0.2, 0.25) is 5.91 Å². The zero-order valence-corrected chi connectivity index (χ0v) is 22.5. The van der Waals surface area contributed by atoms with E-state index in [-0.39, 0.29) is 23.4 Å². The fraction of sp³-hybridized carbons (Fsp3) is 0.414. The number of carbonyl (C=O) groups excluding carboxylic acids is 3. The molecule has 8 nitrogen and oxygen atoms in total. The average molecular weight is 533 g/mol. The van der Waals surface area contributed by atoms with Gasteiger partial charge < -0.3 is 15.0 Å². The molecule has 1 aromatic carbocycles. The van der Waals surface area contributed by atoms with E-state index in [1.54, 1.807) is 12.1 Å². The van der Waals surface area contributed by atoms with Crippen LogP contribution < -0.4 is 10.2 Å². The summed E-state index contributed by atoms with van der Waals surface area (Å²) in [7, 11) is 1.37. The summed E-state index contributed by atoms with van der Waals surface area (Å²) < 4.78 is 5.12. The Morgan fingerprint density at radius 2 is 1.79 bits per heavy atom. The number of ether oxygens (including phenoxy) is 1. The van der Waals surface area contributed by atoms with E-state index in [0.717, 1.165) is 49.0 Å². The largest absolute Gasteiger partial charge is 0.465 e. The second kappa shape index (κ2) is 11.4. The fourth-order valence-corrected chi connectivity index (χ4v) is 5.97. The number of aromatic nitrogens is 2. The molecule has 1 N–H and O–H groups in total. The molecule has 5 rings (SSSR count). The molecule has 2 aliphatic carbocycles. The third kappa shape index (κ3) is 5.93. The number of esters is 1. The number of hydrogen-bond acceptors (Lipinski definition) is 7. The summed E-state index contributed by atoms with van der Waals surface area (Å²) in [6.07, 6.45) is 10.5. The molecule has 198 valence electrons. The van der Waals surface area contributed by atoms with Crippen molar-refractivity contribution in [1.82, 2.24) is 9.97 Å². The minimum Gasteiger partial charge on any atom is -0.465 e. The van der Waals surface area contributed by atoms with Gasteiger partial charge in [-0.05, 0) is 74.1 Å². The molecule has 0 atom stereocenters. The molecule has 0 saturated heterocycles. The first-order valence-corrected chi connectivity index (χ1v) is 14.0. The standard InChI is InChI=1S/C29H32N4O4S/c1-18-3-7-21(8-4-18)28(35)33(17-19-5-6-19)24-15-25(38-26(24)29(36)37-2)20-9-11-22(12-10-20)32-27(34)23-16-30-13-14-31-23/h9-16,18-19,21H,3-8,17H2,1-2H3,(H,32,34). The quantitative estimate of drug-likeness (QED) is 0.367. The van der Waals surface area contributed by atoms with Crippen molar-refractivity contribution in [3.8, 4) is 10.4 Å². The normalized spacial score (nSPS) is 19.0. The Bertz CT molecular complexity index is 1300. The average Bonchev–Trinajstić information content (AvgIpc) is 3.67. The fourth-order valence-electron chi connectivity index (χ4n) is 4.89. The molecule has 2 saturated carbocycles. The number of rotatable bonds is 8. The molecule has 0 aliphatic heterocycles. The molecule has 9 heteroatoms. The summed E-state index contributed by atoms with van der Waals surface area (Å²) in [6.45, 7) is 2.88. The van der Waals surface area contributed by atoms with E-state index in [1.807, 2.05) is 23.1 Å². The molecular weight excluding hydrogens is 500 g/mol. The summed E-state index contributed by atoms with van der Waals surface area (Å²) in [5.74, 6) is 0.477. The predicted molar refractivity (Wildman–Crippen MR) is 147 cm³/mol. The van der Waals surface area contributed by atoms with E-state index in [9.17, 15) is 14.4 Å². The summed E-state index contributed by atoms with van der Waals surface area (Å²) in [5, 5.41) is 2.82. The highest BCUT2D eigenvalue weighted by molar-refractivity contribution is 7.18. The first kappa shape index (κ1) is 26.0. The molecule has 3 aromatic rings. The minimum absolute atomic E-state index is 0.00371. The van der Waals surface area contributed by atoms with Crippen LogP contribution in [0.25, 0.3) is 10.4 Å². The van der Waals surface area contributed by atoms with E-state index >= 15 is 0 Å². The zero-order chi connectivity index (χ0) is 26.6. The number of nitrogens with one attached hydrogen (secondary N) is 1. The smallest absolute Gasteiger partial charge is 0.350 e. The van der Waals surface area contributed by atoms with Gasteiger partial charge in [0, 0.05) is 35.4 Å². The second-order valence-corrected chi connectivity index (χ2v) is 11.3. The topological polar surface area (TPSA) is 101 Å². The summed E-state index contributed by atoms with van der Waals surface area (Å²) in [5.41, 5.74) is 2.38. The number of hydrogen-bond donors (Lipinski definition) is 1. The van der Waals surface area contributed by atoms with Crippen LogP contribution in [0.3, 0.4) is 0 Å². The van der Waals surface area contributed by atoms with Gasteiger partial charge in [0.05, 0.1) is 19.0 Å². The molecule has 2 heterocycles. The number of thiophene rings is 1. The van der Waals surface area contributed by atoms with Gasteiger partial charge in [-0.15, -0.1) is 11.3 Å². The Labute approximate surface area is 226 Å². The lowest BCUT2D eigenvalue weighted by atomic mass is 9.82. The minimum atomic E-state index is -0.435. The van der Waals surface area contributed by atoms with E-state index in [2.05, 4.69) is 22.2 Å². The molecule has 0 spiro atoms. The van der Waals surface area contributed by atoms with Crippen LogP contribution in [-0.2, 0) is 9.53 Å². The van der Waals surface area contributed by atoms with Gasteiger partial charge in [0.1, 0.15) is 10.6 Å². The first-order chi connectivity index (χ1) is 18.4. The van der Waals surface area contributed by atoms with Crippen LogP contribution in [0.5, 0.6) is 0 Å². The zero-order valence-electron chi connectivity index (χ0n) is 21.7. The van der Waals surface area contributed by atoms with Crippen molar-refractivity contribution in [2.75, 3.05) is 23.9 Å². The van der Waals surface area contributed by atoms with Crippen LogP contribution in [-0.4, -0.2) is 41.4 Å². The van der Waals surface area contributed by atoms with Gasteiger partial charge in [-0.1, -0.05) is 19.1 Å². The van der Waals surface area contributed by atoms with Crippen LogP contribution in [0.2, 0.25) is 0 Å². The maximum atomic E-state index is 13.8. The maximum Gasteiger partial charge on any atom is 0.350 e.